The molecule has 0 fully saturated rings. The van der Waals surface area contributed by atoms with Gasteiger partial charge in [0.1, 0.15) is 5.71 Å². The summed E-state index contributed by atoms with van der Waals surface area (Å²) in [7, 11) is 0. The lowest BCUT2D eigenvalue weighted by atomic mass is 9.85. The largest absolute Gasteiger partial charge is 0.299 e. The number of hydrogen-bond acceptors (Lipinski definition) is 4. The fourth-order valence-electron chi connectivity index (χ4n) is 6.44. The number of allylic oxidation sites excluding steroid dienone is 4. The first-order valence-electron chi connectivity index (χ1n) is 15.7. The van der Waals surface area contributed by atoms with Gasteiger partial charge in [0.15, 0.2) is 0 Å². The first kappa shape index (κ1) is 28.1. The molecule has 1 heterocycles. The molecule has 4 nitrogen and oxygen atoms in total. The molecule has 47 heavy (non-hydrogen) atoms. The maximum Gasteiger partial charge on any atom is 0.108 e. The van der Waals surface area contributed by atoms with Crippen LogP contribution in [0.1, 0.15) is 5.56 Å². The molecule has 0 unspecified atom stereocenters. The molecule has 7 aromatic rings. The zero-order chi connectivity index (χ0) is 31.6. The van der Waals surface area contributed by atoms with E-state index >= 15 is 0 Å². The number of hydrogen-bond donors (Lipinski definition) is 2. The van der Waals surface area contributed by atoms with E-state index in [0.29, 0.717) is 11.4 Å². The molecule has 0 bridgehead atoms. The zero-order valence-electron chi connectivity index (χ0n) is 25.6. The summed E-state index contributed by atoms with van der Waals surface area (Å²) in [6.07, 6.45) is 9.38. The summed E-state index contributed by atoms with van der Waals surface area (Å²) < 4.78 is 0. The molecule has 0 radical (unpaired) electrons. The lowest BCUT2D eigenvalue weighted by Crippen LogP contribution is -2.13. The van der Waals surface area contributed by atoms with Crippen molar-refractivity contribution in [2.24, 2.45) is 5.10 Å². The van der Waals surface area contributed by atoms with E-state index < -0.39 is 0 Å². The summed E-state index contributed by atoms with van der Waals surface area (Å²) in [5.41, 5.74) is 14.0. The molecule has 0 aliphatic heterocycles. The van der Waals surface area contributed by atoms with Gasteiger partial charge in [0.2, 0.25) is 0 Å². The van der Waals surface area contributed by atoms with Gasteiger partial charge in [-0.15, -0.1) is 0 Å². The quantitative estimate of drug-likeness (QED) is 0.113. The monoisotopic (exact) mass is 602 g/mol. The second kappa shape index (κ2) is 12.2. The molecule has 0 saturated heterocycles. The van der Waals surface area contributed by atoms with Crippen molar-refractivity contribution in [1.29, 1.82) is 5.41 Å². The Morgan fingerprint density at radius 1 is 0.489 bits per heavy atom. The first-order valence-corrected chi connectivity index (χ1v) is 15.7. The highest BCUT2D eigenvalue weighted by molar-refractivity contribution is 6.51. The average Bonchev–Trinajstić information content (AvgIpc) is 3.14. The van der Waals surface area contributed by atoms with Gasteiger partial charge < -0.3 is 0 Å². The summed E-state index contributed by atoms with van der Waals surface area (Å²) in [5, 5.41) is 18.2. The van der Waals surface area contributed by atoms with E-state index in [9.17, 15) is 0 Å². The fourth-order valence-corrected chi connectivity index (χ4v) is 6.44. The summed E-state index contributed by atoms with van der Waals surface area (Å²) in [6.45, 7) is 0. The Kier molecular flexibility index (Phi) is 7.29. The van der Waals surface area contributed by atoms with Crippen molar-refractivity contribution in [1.82, 2.24) is 4.98 Å². The third kappa shape index (κ3) is 5.43. The summed E-state index contributed by atoms with van der Waals surface area (Å²) >= 11 is 0. The van der Waals surface area contributed by atoms with Crippen LogP contribution in [0.4, 0.5) is 5.69 Å². The third-order valence-electron chi connectivity index (χ3n) is 8.68. The Bertz CT molecular complexity index is 2310. The van der Waals surface area contributed by atoms with Crippen molar-refractivity contribution in [3.63, 3.8) is 0 Å². The number of nitrogens with one attached hydrogen (secondary N) is 2. The normalized spacial score (nSPS) is 13.7. The number of pyridine rings is 1. The van der Waals surface area contributed by atoms with E-state index in [-0.39, 0.29) is 0 Å². The zero-order valence-corrected chi connectivity index (χ0v) is 25.6. The van der Waals surface area contributed by atoms with Crippen molar-refractivity contribution in [2.75, 3.05) is 5.43 Å². The van der Waals surface area contributed by atoms with Crippen LogP contribution in [0.2, 0.25) is 0 Å². The molecule has 1 aromatic heterocycles. The Hall–Kier alpha value is -6.39. The van der Waals surface area contributed by atoms with Gasteiger partial charge in [-0.05, 0) is 102 Å². The van der Waals surface area contributed by atoms with Crippen LogP contribution in [0.3, 0.4) is 0 Å². The average molecular weight is 603 g/mol. The van der Waals surface area contributed by atoms with Crippen LogP contribution in [0.25, 0.3) is 60.5 Å². The maximum absolute atomic E-state index is 8.71. The minimum absolute atomic E-state index is 0.359. The molecular weight excluding hydrogens is 573 g/mol. The van der Waals surface area contributed by atoms with Gasteiger partial charge in [-0.2, -0.15) is 5.10 Å². The number of nitrogens with zero attached hydrogens (tertiary/aromatic N) is 2. The van der Waals surface area contributed by atoms with Crippen molar-refractivity contribution in [3.05, 3.63) is 176 Å². The molecule has 2 N–H and O–H groups in total. The topological polar surface area (TPSA) is 61.1 Å². The van der Waals surface area contributed by atoms with Gasteiger partial charge in [0.05, 0.1) is 11.4 Å². The van der Waals surface area contributed by atoms with E-state index in [2.05, 4.69) is 125 Å². The van der Waals surface area contributed by atoms with Crippen LogP contribution >= 0.6 is 0 Å². The summed E-state index contributed by atoms with van der Waals surface area (Å²) in [6, 6.07) is 48.8. The highest BCUT2D eigenvalue weighted by Crippen LogP contribution is 2.43. The maximum atomic E-state index is 8.71. The van der Waals surface area contributed by atoms with E-state index in [1.807, 2.05) is 48.6 Å². The molecule has 8 rings (SSSR count). The highest BCUT2D eigenvalue weighted by atomic mass is 15.3. The Balaban J connectivity index is 1.09. The van der Waals surface area contributed by atoms with E-state index in [4.69, 9.17) is 5.41 Å². The smallest absolute Gasteiger partial charge is 0.108 e. The Labute approximate surface area is 273 Å². The number of anilines is 1. The Morgan fingerprint density at radius 3 is 1.66 bits per heavy atom. The molecule has 6 aromatic carbocycles. The summed E-state index contributed by atoms with van der Waals surface area (Å²) in [4.78, 5) is 4.11. The molecule has 1 aliphatic rings. The van der Waals surface area contributed by atoms with Crippen LogP contribution in [0.15, 0.2) is 175 Å². The number of aromatic nitrogens is 1. The van der Waals surface area contributed by atoms with Gasteiger partial charge in [-0.25, -0.2) is 0 Å². The van der Waals surface area contributed by atoms with Gasteiger partial charge in [0.25, 0.3) is 0 Å². The van der Waals surface area contributed by atoms with Gasteiger partial charge in [0, 0.05) is 12.4 Å². The SMILES string of the molecule is N=C1C=C(c2ccc(-c3c4ccccc4c(-c4ccccc4)c4ccccc34)cc2)C=C/C1=N/Nc1cccc(-c2ccncc2)c1. The number of benzene rings is 6. The number of hydrazone groups is 1. The molecule has 0 spiro atoms. The van der Waals surface area contributed by atoms with Crippen molar-refractivity contribution >= 4 is 44.2 Å². The van der Waals surface area contributed by atoms with Crippen molar-refractivity contribution < 1.29 is 0 Å². The van der Waals surface area contributed by atoms with E-state index in [1.54, 1.807) is 12.4 Å². The Morgan fingerprint density at radius 2 is 1.04 bits per heavy atom. The predicted molar refractivity (Wildman–Crippen MR) is 198 cm³/mol. The van der Waals surface area contributed by atoms with Crippen LogP contribution in [0.5, 0.6) is 0 Å². The predicted octanol–water partition coefficient (Wildman–Crippen LogP) is 10.8. The fraction of sp³-hybridized carbons (Fsp3) is 0. The molecule has 0 atom stereocenters. The second-order valence-corrected chi connectivity index (χ2v) is 11.6. The molecule has 0 saturated carbocycles. The third-order valence-corrected chi connectivity index (χ3v) is 8.68. The highest BCUT2D eigenvalue weighted by Gasteiger charge is 2.17. The lowest BCUT2D eigenvalue weighted by Gasteiger charge is -2.18. The molecule has 1 aliphatic carbocycles. The van der Waals surface area contributed by atoms with Crippen LogP contribution < -0.4 is 5.43 Å². The standard InChI is InChI=1S/C43H30N4/c44-40-28-34(21-22-41(40)47-46-35-12-8-11-33(27-35)30-23-25-45-26-24-30)29-17-19-32(20-18-29)43-38-15-6-4-13-36(38)42(31-9-2-1-3-10-31)37-14-5-7-16-39(37)43/h1-28,44,46H/b44-40?,47-41-. The second-order valence-electron chi connectivity index (χ2n) is 11.6. The van der Waals surface area contributed by atoms with Crippen LogP contribution in [-0.2, 0) is 0 Å². The minimum atomic E-state index is 0.359. The van der Waals surface area contributed by atoms with Crippen molar-refractivity contribution in [2.45, 2.75) is 0 Å². The van der Waals surface area contributed by atoms with Gasteiger partial charge in [-0.1, -0.05) is 121 Å². The molecule has 222 valence electrons. The first-order chi connectivity index (χ1) is 23.2. The van der Waals surface area contributed by atoms with E-state index in [0.717, 1.165) is 33.5 Å². The van der Waals surface area contributed by atoms with Crippen LogP contribution in [0, 0.1) is 5.41 Å². The molecular formula is C43H30N4. The summed E-state index contributed by atoms with van der Waals surface area (Å²) in [5.74, 6) is 0. The number of fused-ring (bicyclic) bond motifs is 2. The lowest BCUT2D eigenvalue weighted by molar-refractivity contribution is 1.32. The van der Waals surface area contributed by atoms with Gasteiger partial charge >= 0.3 is 0 Å². The van der Waals surface area contributed by atoms with E-state index in [1.165, 1.54) is 38.2 Å². The minimum Gasteiger partial charge on any atom is -0.299 e. The van der Waals surface area contributed by atoms with Crippen molar-refractivity contribution in [3.8, 4) is 33.4 Å². The number of rotatable bonds is 6. The van der Waals surface area contributed by atoms with Crippen LogP contribution in [-0.4, -0.2) is 16.4 Å². The molecule has 4 heteroatoms. The molecule has 0 amide bonds. The van der Waals surface area contributed by atoms with Gasteiger partial charge in [-0.3, -0.25) is 15.8 Å².